The Morgan fingerprint density at radius 2 is 1.83 bits per heavy atom. The Morgan fingerprint density at radius 1 is 1.08 bits per heavy atom. The smallest absolute Gasteiger partial charge is 0.154 e. The van der Waals surface area contributed by atoms with Gasteiger partial charge in [0.15, 0.2) is 6.29 Å². The van der Waals surface area contributed by atoms with E-state index in [1.807, 2.05) is 53.9 Å². The monoisotopic (exact) mass is 316 g/mol. The Labute approximate surface area is 139 Å². The molecule has 0 bridgehead atoms. The van der Waals surface area contributed by atoms with Gasteiger partial charge in [-0.25, -0.2) is 4.52 Å². The van der Waals surface area contributed by atoms with E-state index >= 15 is 0 Å². The van der Waals surface area contributed by atoms with Gasteiger partial charge in [-0.3, -0.25) is 4.79 Å². The van der Waals surface area contributed by atoms with Crippen LogP contribution in [0.25, 0.3) is 27.5 Å². The van der Waals surface area contributed by atoms with Crippen LogP contribution in [0.2, 0.25) is 0 Å². The molecule has 4 aromatic rings. The maximum Gasteiger partial charge on any atom is 0.154 e. The zero-order chi connectivity index (χ0) is 16.7. The lowest BCUT2D eigenvalue weighted by Crippen LogP contribution is -1.96. The number of hydrogen-bond acceptors (Lipinski definition) is 3. The van der Waals surface area contributed by atoms with E-state index in [9.17, 15) is 4.79 Å². The summed E-state index contributed by atoms with van der Waals surface area (Å²) < 4.78 is 7.10. The topological polar surface area (TPSA) is 43.6 Å². The van der Waals surface area contributed by atoms with Crippen LogP contribution in [0.5, 0.6) is 5.75 Å². The number of rotatable bonds is 3. The SMILES string of the molecule is COc1ccc(-c2cc3ccccc3c3c(C=O)c(C)nn23)cc1. The van der Waals surface area contributed by atoms with Gasteiger partial charge in [-0.1, -0.05) is 24.3 Å². The fourth-order valence-electron chi connectivity index (χ4n) is 3.13. The Morgan fingerprint density at radius 3 is 2.54 bits per heavy atom. The summed E-state index contributed by atoms with van der Waals surface area (Å²) in [6.07, 6.45) is 0.891. The highest BCUT2D eigenvalue weighted by Gasteiger charge is 2.16. The summed E-state index contributed by atoms with van der Waals surface area (Å²) in [4.78, 5) is 11.6. The number of carbonyl (C=O) groups excluding carboxylic acids is 1. The number of aldehydes is 1. The molecule has 2 aromatic heterocycles. The lowest BCUT2D eigenvalue weighted by Gasteiger charge is -2.10. The van der Waals surface area contributed by atoms with Crippen LogP contribution in [-0.2, 0) is 0 Å². The zero-order valence-electron chi connectivity index (χ0n) is 13.5. The minimum Gasteiger partial charge on any atom is -0.497 e. The molecule has 2 aromatic carbocycles. The molecular formula is C20H16N2O2. The van der Waals surface area contributed by atoms with Gasteiger partial charge in [0.2, 0.25) is 0 Å². The number of methoxy groups -OCH3 is 1. The Kier molecular flexibility index (Phi) is 3.31. The number of nitrogens with zero attached hydrogens (tertiary/aromatic N) is 2. The average Bonchev–Trinajstić information content (AvgIpc) is 2.97. The van der Waals surface area contributed by atoms with Crippen LogP contribution in [0.4, 0.5) is 0 Å². The van der Waals surface area contributed by atoms with Crippen molar-refractivity contribution >= 4 is 22.6 Å². The third-order valence-corrected chi connectivity index (χ3v) is 4.35. The molecule has 4 rings (SSSR count). The summed E-state index contributed by atoms with van der Waals surface area (Å²) in [5, 5.41) is 6.71. The molecule has 0 aliphatic heterocycles. The normalized spacial score (nSPS) is 11.1. The third-order valence-electron chi connectivity index (χ3n) is 4.35. The molecule has 0 saturated carbocycles. The minimum absolute atomic E-state index is 0.640. The summed E-state index contributed by atoms with van der Waals surface area (Å²) in [5.74, 6) is 0.806. The first kappa shape index (κ1) is 14.5. The van der Waals surface area contributed by atoms with Crippen molar-refractivity contribution in [2.24, 2.45) is 0 Å². The molecule has 0 radical (unpaired) electrons. The summed E-state index contributed by atoms with van der Waals surface area (Å²) in [6, 6.07) is 18.0. The molecule has 118 valence electrons. The fraction of sp³-hybridized carbons (Fsp3) is 0.100. The number of aromatic nitrogens is 2. The minimum atomic E-state index is 0.640. The molecule has 2 heterocycles. The van der Waals surface area contributed by atoms with Gasteiger partial charge < -0.3 is 4.74 Å². The molecule has 0 spiro atoms. The summed E-state index contributed by atoms with van der Waals surface area (Å²) in [7, 11) is 1.65. The molecule has 0 N–H and O–H groups in total. The molecule has 0 aliphatic rings. The predicted molar refractivity (Wildman–Crippen MR) is 94.8 cm³/mol. The standard InChI is InChI=1S/C20H16N2O2/c1-13-18(12-23)20-17-6-4-3-5-15(17)11-19(22(20)21-13)14-7-9-16(24-2)10-8-14/h3-12H,1-2H3. The molecule has 4 heteroatoms. The van der Waals surface area contributed by atoms with E-state index in [1.165, 1.54) is 0 Å². The number of benzene rings is 2. The van der Waals surface area contributed by atoms with E-state index < -0.39 is 0 Å². The van der Waals surface area contributed by atoms with Crippen molar-refractivity contribution in [2.75, 3.05) is 7.11 Å². The van der Waals surface area contributed by atoms with Gasteiger partial charge in [0.25, 0.3) is 0 Å². The zero-order valence-corrected chi connectivity index (χ0v) is 13.5. The fourth-order valence-corrected chi connectivity index (χ4v) is 3.13. The highest BCUT2D eigenvalue weighted by molar-refractivity contribution is 6.05. The number of fused-ring (bicyclic) bond motifs is 3. The Balaban J connectivity index is 2.12. The Hall–Kier alpha value is -3.14. The van der Waals surface area contributed by atoms with E-state index in [1.54, 1.807) is 7.11 Å². The van der Waals surface area contributed by atoms with Crippen molar-refractivity contribution in [1.29, 1.82) is 0 Å². The first-order valence-electron chi connectivity index (χ1n) is 7.73. The highest BCUT2D eigenvalue weighted by Crippen LogP contribution is 2.31. The number of pyridine rings is 1. The van der Waals surface area contributed by atoms with Crippen LogP contribution < -0.4 is 4.74 Å². The predicted octanol–water partition coefficient (Wildman–Crippen LogP) is 4.28. The van der Waals surface area contributed by atoms with Gasteiger partial charge in [-0.2, -0.15) is 5.10 Å². The van der Waals surface area contributed by atoms with E-state index in [0.717, 1.165) is 45.3 Å². The second kappa shape index (κ2) is 5.49. The van der Waals surface area contributed by atoms with Crippen LogP contribution in [0.1, 0.15) is 16.1 Å². The number of carbonyl (C=O) groups is 1. The van der Waals surface area contributed by atoms with Crippen LogP contribution in [-0.4, -0.2) is 23.0 Å². The van der Waals surface area contributed by atoms with Crippen molar-refractivity contribution in [2.45, 2.75) is 6.92 Å². The summed E-state index contributed by atoms with van der Waals surface area (Å²) >= 11 is 0. The van der Waals surface area contributed by atoms with Crippen molar-refractivity contribution < 1.29 is 9.53 Å². The lowest BCUT2D eigenvalue weighted by molar-refractivity contribution is 0.112. The van der Waals surface area contributed by atoms with Crippen molar-refractivity contribution in [3.8, 4) is 17.0 Å². The summed E-state index contributed by atoms with van der Waals surface area (Å²) in [5.41, 5.74) is 4.19. The number of hydrogen-bond donors (Lipinski definition) is 0. The largest absolute Gasteiger partial charge is 0.497 e. The average molecular weight is 316 g/mol. The van der Waals surface area contributed by atoms with Crippen LogP contribution >= 0.6 is 0 Å². The number of ether oxygens (including phenoxy) is 1. The molecule has 0 fully saturated rings. The van der Waals surface area contributed by atoms with Gasteiger partial charge in [-0.15, -0.1) is 0 Å². The molecular weight excluding hydrogens is 300 g/mol. The first-order chi connectivity index (χ1) is 11.7. The van der Waals surface area contributed by atoms with E-state index in [4.69, 9.17) is 4.74 Å². The van der Waals surface area contributed by atoms with Gasteiger partial charge in [0.1, 0.15) is 5.75 Å². The van der Waals surface area contributed by atoms with E-state index in [0.29, 0.717) is 5.56 Å². The molecule has 4 nitrogen and oxygen atoms in total. The van der Waals surface area contributed by atoms with Crippen LogP contribution in [0.15, 0.2) is 54.6 Å². The number of aryl methyl sites for hydroxylation is 1. The van der Waals surface area contributed by atoms with E-state index in [-0.39, 0.29) is 0 Å². The Bertz CT molecular complexity index is 1060. The van der Waals surface area contributed by atoms with Crippen molar-refractivity contribution in [3.63, 3.8) is 0 Å². The molecule has 24 heavy (non-hydrogen) atoms. The maximum absolute atomic E-state index is 11.6. The maximum atomic E-state index is 11.6. The molecule has 0 atom stereocenters. The molecule has 0 aliphatic carbocycles. The lowest BCUT2D eigenvalue weighted by atomic mass is 10.0. The van der Waals surface area contributed by atoms with Crippen LogP contribution in [0, 0.1) is 6.92 Å². The second-order valence-electron chi connectivity index (χ2n) is 5.72. The van der Waals surface area contributed by atoms with Gasteiger partial charge in [-0.05, 0) is 42.6 Å². The van der Waals surface area contributed by atoms with Crippen molar-refractivity contribution in [1.82, 2.24) is 9.61 Å². The van der Waals surface area contributed by atoms with Gasteiger partial charge >= 0.3 is 0 Å². The highest BCUT2D eigenvalue weighted by atomic mass is 16.5. The van der Waals surface area contributed by atoms with Crippen molar-refractivity contribution in [3.05, 3.63) is 65.9 Å². The quantitative estimate of drug-likeness (QED) is 0.530. The first-order valence-corrected chi connectivity index (χ1v) is 7.73. The molecule has 0 saturated heterocycles. The summed E-state index contributed by atoms with van der Waals surface area (Å²) in [6.45, 7) is 1.86. The van der Waals surface area contributed by atoms with E-state index in [2.05, 4.69) is 17.2 Å². The van der Waals surface area contributed by atoms with Gasteiger partial charge in [0.05, 0.1) is 29.6 Å². The second-order valence-corrected chi connectivity index (χ2v) is 5.72. The molecule has 0 amide bonds. The van der Waals surface area contributed by atoms with Crippen LogP contribution in [0.3, 0.4) is 0 Å². The molecule has 0 unspecified atom stereocenters. The third kappa shape index (κ3) is 2.07. The van der Waals surface area contributed by atoms with Gasteiger partial charge in [0, 0.05) is 10.9 Å².